The van der Waals surface area contributed by atoms with Gasteiger partial charge in [0.2, 0.25) is 0 Å². The second-order valence-corrected chi connectivity index (χ2v) is 9.10. The molecule has 3 aliphatic heterocycles. The Labute approximate surface area is 171 Å². The van der Waals surface area contributed by atoms with Crippen LogP contribution in [0.3, 0.4) is 0 Å². The average molecular weight is 402 g/mol. The number of rotatable bonds is 5. The van der Waals surface area contributed by atoms with Crippen LogP contribution in [0.5, 0.6) is 5.75 Å². The van der Waals surface area contributed by atoms with Gasteiger partial charge in [0, 0.05) is 5.56 Å². The molecule has 4 heterocycles. The molecule has 4 rings (SSSR count). The van der Waals surface area contributed by atoms with Gasteiger partial charge in [-0.25, -0.2) is 4.79 Å². The molecule has 158 valence electrons. The van der Waals surface area contributed by atoms with Gasteiger partial charge in [-0.3, -0.25) is 0 Å². The first-order chi connectivity index (χ1) is 13.4. The molecule has 6 atom stereocenters. The zero-order chi connectivity index (χ0) is 21.4. The van der Waals surface area contributed by atoms with E-state index in [1.807, 2.05) is 20.8 Å². The Morgan fingerprint density at radius 2 is 1.86 bits per heavy atom. The summed E-state index contributed by atoms with van der Waals surface area (Å²) in [4.78, 5) is 11.9. The van der Waals surface area contributed by atoms with Crippen LogP contribution in [0.25, 0.3) is 0 Å². The van der Waals surface area contributed by atoms with Crippen molar-refractivity contribution in [1.29, 1.82) is 0 Å². The molecule has 6 heteroatoms. The summed E-state index contributed by atoms with van der Waals surface area (Å²) in [5.41, 5.74) is 1.19. The second kappa shape index (κ2) is 6.30. The summed E-state index contributed by atoms with van der Waals surface area (Å²) in [6.45, 7) is 14.1. The van der Waals surface area contributed by atoms with E-state index in [0.29, 0.717) is 11.5 Å². The van der Waals surface area contributed by atoms with Crippen LogP contribution >= 0.6 is 0 Å². The van der Waals surface area contributed by atoms with E-state index in [1.54, 1.807) is 7.11 Å². The first-order valence-corrected chi connectivity index (χ1v) is 10.0. The molecule has 29 heavy (non-hydrogen) atoms. The zero-order valence-corrected chi connectivity index (χ0v) is 18.4. The molecule has 0 spiro atoms. The number of fused-ring (bicyclic) bond motifs is 1. The Hall–Kier alpha value is -1.89. The number of epoxide rings is 2. The normalized spacial score (nSPS) is 41.3. The molecule has 0 unspecified atom stereocenters. The lowest BCUT2D eigenvalue weighted by Crippen LogP contribution is -2.30. The van der Waals surface area contributed by atoms with Gasteiger partial charge in [0.15, 0.2) is 5.60 Å². The van der Waals surface area contributed by atoms with Crippen LogP contribution in [0.1, 0.15) is 52.9 Å². The maximum absolute atomic E-state index is 11.9. The largest absolute Gasteiger partial charge is 0.496 e. The van der Waals surface area contributed by atoms with E-state index >= 15 is 0 Å². The number of methoxy groups -OCH3 is 1. The SMILES string of the molecule is COc1cc(=O)oc([C@@]2(C)O[C@H]2/C(C)=C\C(C)=C\[C@@]2(C)O[C@@H](C)[C@]3(C)O[C@@H]32)c1C. The van der Waals surface area contributed by atoms with Crippen molar-refractivity contribution in [2.75, 3.05) is 7.11 Å². The number of hydrogen-bond donors (Lipinski definition) is 0. The van der Waals surface area contributed by atoms with E-state index in [9.17, 15) is 4.79 Å². The first-order valence-electron chi connectivity index (χ1n) is 10.0. The lowest BCUT2D eigenvalue weighted by Gasteiger charge is -2.24. The Balaban J connectivity index is 1.56. The smallest absolute Gasteiger partial charge is 0.339 e. The molecule has 0 aliphatic carbocycles. The van der Waals surface area contributed by atoms with Crippen molar-refractivity contribution in [1.82, 2.24) is 0 Å². The highest BCUT2D eigenvalue weighted by atomic mass is 16.7. The summed E-state index contributed by atoms with van der Waals surface area (Å²) in [6.07, 6.45) is 4.22. The third kappa shape index (κ3) is 3.09. The maximum Gasteiger partial charge on any atom is 0.339 e. The van der Waals surface area contributed by atoms with Gasteiger partial charge in [0.1, 0.15) is 34.9 Å². The highest BCUT2D eigenvalue weighted by molar-refractivity contribution is 5.41. The number of ether oxygens (including phenoxy) is 4. The van der Waals surface area contributed by atoms with Gasteiger partial charge < -0.3 is 23.4 Å². The van der Waals surface area contributed by atoms with E-state index in [-0.39, 0.29) is 23.9 Å². The molecule has 0 aromatic carbocycles. The van der Waals surface area contributed by atoms with Crippen molar-refractivity contribution < 1.29 is 23.4 Å². The number of hydrogen-bond acceptors (Lipinski definition) is 6. The van der Waals surface area contributed by atoms with Crippen molar-refractivity contribution in [2.24, 2.45) is 0 Å². The Bertz CT molecular complexity index is 974. The Morgan fingerprint density at radius 1 is 1.17 bits per heavy atom. The van der Waals surface area contributed by atoms with Gasteiger partial charge in [-0.05, 0) is 60.1 Å². The molecule has 3 aliphatic rings. The summed E-state index contributed by atoms with van der Waals surface area (Å²) in [6, 6.07) is 1.35. The van der Waals surface area contributed by atoms with Crippen LogP contribution in [0.4, 0.5) is 0 Å². The van der Waals surface area contributed by atoms with Crippen LogP contribution < -0.4 is 10.4 Å². The standard InChI is InChI=1S/C23H30O6/c1-12(11-21(5)20-22(6,29-20)15(4)27-21)9-13(2)18-23(7,28-18)19-14(3)16(25-8)10-17(24)26-19/h9-11,15,18,20H,1-8H3/b12-11+,13-9-/t15-,18-,20+,21+,22-,23-/m0/s1. The minimum Gasteiger partial charge on any atom is -0.496 e. The van der Waals surface area contributed by atoms with Gasteiger partial charge in [0.25, 0.3) is 0 Å². The fraction of sp³-hybridized carbons (Fsp3) is 0.609. The van der Waals surface area contributed by atoms with Crippen molar-refractivity contribution in [3.05, 3.63) is 51.1 Å². The second-order valence-electron chi connectivity index (χ2n) is 9.10. The molecular weight excluding hydrogens is 372 g/mol. The first kappa shape index (κ1) is 20.4. The zero-order valence-electron chi connectivity index (χ0n) is 18.4. The summed E-state index contributed by atoms with van der Waals surface area (Å²) in [7, 11) is 1.54. The van der Waals surface area contributed by atoms with E-state index in [0.717, 1.165) is 16.7 Å². The van der Waals surface area contributed by atoms with Gasteiger partial charge >= 0.3 is 5.63 Å². The monoisotopic (exact) mass is 402 g/mol. The van der Waals surface area contributed by atoms with Crippen LogP contribution in [0.2, 0.25) is 0 Å². The minimum absolute atomic E-state index is 0.0700. The molecule has 0 N–H and O–H groups in total. The minimum atomic E-state index is -0.681. The quantitative estimate of drug-likeness (QED) is 0.551. The van der Waals surface area contributed by atoms with Crippen molar-refractivity contribution >= 4 is 0 Å². The molecule has 1 aromatic rings. The average Bonchev–Trinajstić information content (AvgIpc) is 3.50. The van der Waals surface area contributed by atoms with Crippen LogP contribution in [0.15, 0.2) is 38.6 Å². The Kier molecular flexibility index (Phi) is 4.43. The lowest BCUT2D eigenvalue weighted by atomic mass is 9.92. The fourth-order valence-electron chi connectivity index (χ4n) is 4.94. The fourth-order valence-corrected chi connectivity index (χ4v) is 4.94. The summed E-state index contributed by atoms with van der Waals surface area (Å²) in [5, 5.41) is 0. The summed E-state index contributed by atoms with van der Waals surface area (Å²) >= 11 is 0. The molecule has 6 nitrogen and oxygen atoms in total. The predicted octanol–water partition coefficient (Wildman–Crippen LogP) is 3.80. The van der Waals surface area contributed by atoms with Gasteiger partial charge in [-0.2, -0.15) is 0 Å². The highest BCUT2D eigenvalue weighted by Gasteiger charge is 2.71. The van der Waals surface area contributed by atoms with Gasteiger partial charge in [0.05, 0.1) is 19.3 Å². The summed E-state index contributed by atoms with van der Waals surface area (Å²) in [5.74, 6) is 1.03. The number of allylic oxidation sites excluding steroid dienone is 2. The topological polar surface area (TPSA) is 73.7 Å². The molecule has 0 bridgehead atoms. The van der Waals surface area contributed by atoms with E-state index in [4.69, 9.17) is 23.4 Å². The molecule has 0 amide bonds. The van der Waals surface area contributed by atoms with E-state index < -0.39 is 16.8 Å². The molecule has 3 fully saturated rings. The van der Waals surface area contributed by atoms with Gasteiger partial charge in [-0.1, -0.05) is 11.6 Å². The van der Waals surface area contributed by atoms with Gasteiger partial charge in [-0.15, -0.1) is 0 Å². The Morgan fingerprint density at radius 3 is 2.41 bits per heavy atom. The summed E-state index contributed by atoms with van der Waals surface area (Å²) < 4.78 is 28.9. The lowest BCUT2D eigenvalue weighted by molar-refractivity contribution is -0.0719. The highest BCUT2D eigenvalue weighted by Crippen LogP contribution is 2.56. The molecular formula is C23H30O6. The van der Waals surface area contributed by atoms with Crippen LogP contribution in [-0.2, 0) is 19.8 Å². The van der Waals surface area contributed by atoms with Crippen LogP contribution in [-0.4, -0.2) is 36.6 Å². The van der Waals surface area contributed by atoms with Crippen LogP contribution in [0, 0.1) is 6.92 Å². The van der Waals surface area contributed by atoms with Crippen molar-refractivity contribution in [3.63, 3.8) is 0 Å². The van der Waals surface area contributed by atoms with E-state index in [1.165, 1.54) is 6.07 Å². The third-order valence-electron chi connectivity index (χ3n) is 6.62. The maximum atomic E-state index is 11.9. The van der Waals surface area contributed by atoms with Crippen molar-refractivity contribution in [3.8, 4) is 5.75 Å². The predicted molar refractivity (Wildman–Crippen MR) is 108 cm³/mol. The molecule has 3 saturated heterocycles. The van der Waals surface area contributed by atoms with E-state index in [2.05, 4.69) is 39.8 Å². The van der Waals surface area contributed by atoms with Crippen molar-refractivity contribution in [2.45, 2.75) is 83.6 Å². The molecule has 0 saturated carbocycles. The molecule has 1 aromatic heterocycles. The molecule has 0 radical (unpaired) electrons. The third-order valence-corrected chi connectivity index (χ3v) is 6.62.